The zero-order valence-electron chi connectivity index (χ0n) is 7.09. The van der Waals surface area contributed by atoms with Crippen molar-refractivity contribution in [2.45, 2.75) is 25.7 Å². The first-order valence-electron chi connectivity index (χ1n) is 4.34. The van der Waals surface area contributed by atoms with Gasteiger partial charge in [0.05, 0.1) is 6.61 Å². The first kappa shape index (κ1) is 9.81. The molecule has 12 heavy (non-hydrogen) atoms. The molecule has 0 radical (unpaired) electrons. The number of alkyl halides is 1. The van der Waals surface area contributed by atoms with Gasteiger partial charge in [0.2, 0.25) is 5.91 Å². The predicted molar refractivity (Wildman–Crippen MR) is 46.9 cm³/mol. The van der Waals surface area contributed by atoms with Gasteiger partial charge in [0, 0.05) is 18.8 Å². The molecule has 0 aromatic carbocycles. The van der Waals surface area contributed by atoms with Crippen LogP contribution >= 0.6 is 11.6 Å². The molecule has 1 fully saturated rings. The summed E-state index contributed by atoms with van der Waals surface area (Å²) in [5.41, 5.74) is 0. The van der Waals surface area contributed by atoms with E-state index < -0.39 is 0 Å². The number of halogens is 1. The average molecular weight is 192 g/mol. The van der Waals surface area contributed by atoms with Crippen LogP contribution in [0.2, 0.25) is 0 Å². The maximum atomic E-state index is 11.3. The maximum absolute atomic E-state index is 11.3. The first-order valence-corrected chi connectivity index (χ1v) is 4.87. The van der Waals surface area contributed by atoms with Crippen molar-refractivity contribution in [3.63, 3.8) is 0 Å². The summed E-state index contributed by atoms with van der Waals surface area (Å²) in [5, 5.41) is 1.47. The van der Waals surface area contributed by atoms with E-state index in [4.69, 9.17) is 16.4 Å². The van der Waals surface area contributed by atoms with Gasteiger partial charge in [0.1, 0.15) is 0 Å². The van der Waals surface area contributed by atoms with Gasteiger partial charge in [-0.25, -0.2) is 5.06 Å². The molecule has 0 atom stereocenters. The van der Waals surface area contributed by atoms with Gasteiger partial charge >= 0.3 is 0 Å². The van der Waals surface area contributed by atoms with E-state index in [1.54, 1.807) is 0 Å². The molecule has 1 amide bonds. The van der Waals surface area contributed by atoms with Gasteiger partial charge in [-0.1, -0.05) is 0 Å². The van der Waals surface area contributed by atoms with Crippen molar-refractivity contribution >= 4 is 17.5 Å². The minimum atomic E-state index is 0.0651. The van der Waals surface area contributed by atoms with Gasteiger partial charge < -0.3 is 0 Å². The predicted octanol–water partition coefficient (Wildman–Crippen LogP) is 1.56. The summed E-state index contributed by atoms with van der Waals surface area (Å²) >= 11 is 5.47. The maximum Gasteiger partial charge on any atom is 0.246 e. The molecule has 1 rings (SSSR count). The van der Waals surface area contributed by atoms with Crippen molar-refractivity contribution in [2.24, 2.45) is 0 Å². The Morgan fingerprint density at radius 3 is 2.92 bits per heavy atom. The molecule has 0 unspecified atom stereocenters. The standard InChI is InChI=1S/C8H14ClNO2/c9-5-3-4-8(11)10-6-1-2-7-12-10/h1-7H2. The highest BCUT2D eigenvalue weighted by Gasteiger charge is 2.16. The Bertz CT molecular complexity index is 146. The Morgan fingerprint density at radius 2 is 2.33 bits per heavy atom. The van der Waals surface area contributed by atoms with E-state index in [-0.39, 0.29) is 5.91 Å². The van der Waals surface area contributed by atoms with E-state index in [1.807, 2.05) is 0 Å². The molecule has 1 aliphatic rings. The van der Waals surface area contributed by atoms with Crippen LogP contribution in [0.1, 0.15) is 25.7 Å². The zero-order chi connectivity index (χ0) is 8.81. The number of hydrogen-bond acceptors (Lipinski definition) is 2. The molecule has 4 heteroatoms. The number of hydroxylamine groups is 2. The van der Waals surface area contributed by atoms with Crippen molar-refractivity contribution in [2.75, 3.05) is 19.0 Å². The highest BCUT2D eigenvalue weighted by molar-refractivity contribution is 6.17. The van der Waals surface area contributed by atoms with Crippen LogP contribution in [-0.2, 0) is 9.63 Å². The van der Waals surface area contributed by atoms with E-state index in [9.17, 15) is 4.79 Å². The third-order valence-electron chi connectivity index (χ3n) is 1.81. The lowest BCUT2D eigenvalue weighted by Crippen LogP contribution is -2.35. The highest BCUT2D eigenvalue weighted by atomic mass is 35.5. The zero-order valence-corrected chi connectivity index (χ0v) is 7.85. The summed E-state index contributed by atoms with van der Waals surface area (Å²) in [6.07, 6.45) is 3.34. The minimum absolute atomic E-state index is 0.0651. The lowest BCUT2D eigenvalue weighted by molar-refractivity contribution is -0.197. The van der Waals surface area contributed by atoms with Crippen LogP contribution in [0.25, 0.3) is 0 Å². The van der Waals surface area contributed by atoms with Gasteiger partial charge in [-0.15, -0.1) is 11.6 Å². The summed E-state index contributed by atoms with van der Waals surface area (Å²) in [5.74, 6) is 0.606. The molecule has 0 aliphatic carbocycles. The number of nitrogens with zero attached hydrogens (tertiary/aromatic N) is 1. The Labute approximate surface area is 77.6 Å². The second-order valence-corrected chi connectivity index (χ2v) is 3.21. The van der Waals surface area contributed by atoms with Gasteiger partial charge in [-0.05, 0) is 19.3 Å². The molecule has 1 saturated heterocycles. The first-order chi connectivity index (χ1) is 5.84. The summed E-state index contributed by atoms with van der Waals surface area (Å²) in [4.78, 5) is 16.5. The molecule has 0 N–H and O–H groups in total. The molecule has 1 aliphatic heterocycles. The van der Waals surface area contributed by atoms with Gasteiger partial charge in [0.15, 0.2) is 0 Å². The van der Waals surface area contributed by atoms with Crippen molar-refractivity contribution < 1.29 is 9.63 Å². The van der Waals surface area contributed by atoms with Crippen LogP contribution in [0, 0.1) is 0 Å². The second-order valence-electron chi connectivity index (χ2n) is 2.83. The number of amides is 1. The summed E-state index contributed by atoms with van der Waals surface area (Å²) in [7, 11) is 0. The molecule has 0 saturated carbocycles. The molecular weight excluding hydrogens is 178 g/mol. The third kappa shape index (κ3) is 2.99. The summed E-state index contributed by atoms with van der Waals surface area (Å²) < 4.78 is 0. The van der Waals surface area contributed by atoms with E-state index in [0.717, 1.165) is 25.8 Å². The second kappa shape index (κ2) is 5.38. The lowest BCUT2D eigenvalue weighted by atomic mass is 10.2. The van der Waals surface area contributed by atoms with E-state index in [1.165, 1.54) is 5.06 Å². The number of rotatable bonds is 3. The fourth-order valence-corrected chi connectivity index (χ4v) is 1.27. The molecule has 0 aromatic heterocycles. The molecule has 70 valence electrons. The molecular formula is C8H14ClNO2. The van der Waals surface area contributed by atoms with E-state index in [0.29, 0.717) is 18.9 Å². The quantitative estimate of drug-likeness (QED) is 0.634. The van der Waals surface area contributed by atoms with Crippen molar-refractivity contribution in [3.05, 3.63) is 0 Å². The molecule has 3 nitrogen and oxygen atoms in total. The van der Waals surface area contributed by atoms with Crippen LogP contribution in [-0.4, -0.2) is 30.0 Å². The third-order valence-corrected chi connectivity index (χ3v) is 2.07. The largest absolute Gasteiger partial charge is 0.273 e. The average Bonchev–Trinajstić information content (AvgIpc) is 2.15. The highest BCUT2D eigenvalue weighted by Crippen LogP contribution is 2.08. The van der Waals surface area contributed by atoms with E-state index >= 15 is 0 Å². The van der Waals surface area contributed by atoms with Crippen LogP contribution in [0.4, 0.5) is 0 Å². The smallest absolute Gasteiger partial charge is 0.246 e. The van der Waals surface area contributed by atoms with E-state index in [2.05, 4.69) is 0 Å². The molecule has 0 aromatic rings. The lowest BCUT2D eigenvalue weighted by Gasteiger charge is -2.25. The van der Waals surface area contributed by atoms with Crippen molar-refractivity contribution in [3.8, 4) is 0 Å². The Hall–Kier alpha value is -0.280. The van der Waals surface area contributed by atoms with Gasteiger partial charge in [-0.3, -0.25) is 9.63 Å². The normalized spacial score (nSPS) is 17.9. The SMILES string of the molecule is O=C(CCCCl)N1CCCCO1. The van der Waals surface area contributed by atoms with Gasteiger partial charge in [-0.2, -0.15) is 0 Å². The number of hydrogen-bond donors (Lipinski definition) is 0. The number of carbonyl (C=O) groups excluding carboxylic acids is 1. The van der Waals surface area contributed by atoms with Crippen LogP contribution in [0.3, 0.4) is 0 Å². The monoisotopic (exact) mass is 191 g/mol. The molecule has 1 heterocycles. The number of carbonyl (C=O) groups is 1. The molecule has 0 spiro atoms. The van der Waals surface area contributed by atoms with Crippen molar-refractivity contribution in [1.82, 2.24) is 5.06 Å². The van der Waals surface area contributed by atoms with Gasteiger partial charge in [0.25, 0.3) is 0 Å². The summed E-state index contributed by atoms with van der Waals surface area (Å²) in [6, 6.07) is 0. The van der Waals surface area contributed by atoms with Crippen molar-refractivity contribution in [1.29, 1.82) is 0 Å². The van der Waals surface area contributed by atoms with Crippen LogP contribution < -0.4 is 0 Å². The minimum Gasteiger partial charge on any atom is -0.273 e. The molecule has 0 bridgehead atoms. The topological polar surface area (TPSA) is 29.5 Å². The Balaban J connectivity index is 2.20. The Kier molecular flexibility index (Phi) is 4.40. The summed E-state index contributed by atoms with van der Waals surface area (Å²) in [6.45, 7) is 1.41. The fourth-order valence-electron chi connectivity index (χ4n) is 1.14. The van der Waals surface area contributed by atoms with Crippen LogP contribution in [0.5, 0.6) is 0 Å². The van der Waals surface area contributed by atoms with Crippen LogP contribution in [0.15, 0.2) is 0 Å². The fraction of sp³-hybridized carbons (Fsp3) is 0.875. The Morgan fingerprint density at radius 1 is 1.50 bits per heavy atom.